The van der Waals surface area contributed by atoms with Crippen LogP contribution in [0.15, 0.2) is 32.9 Å². The molecular formula is C12H10BrFN2O2S2. The molecule has 0 atom stereocenters. The SMILES string of the molecule is O=S(=O)(Nc1nc(C2CC2)cs1)c1ccc(F)cc1Br. The van der Waals surface area contributed by atoms with E-state index in [9.17, 15) is 12.8 Å². The molecule has 0 aliphatic heterocycles. The summed E-state index contributed by atoms with van der Waals surface area (Å²) in [5.41, 5.74) is 0.936. The summed E-state index contributed by atoms with van der Waals surface area (Å²) in [6.07, 6.45) is 2.22. The van der Waals surface area contributed by atoms with E-state index >= 15 is 0 Å². The summed E-state index contributed by atoms with van der Waals surface area (Å²) in [5, 5.41) is 2.21. The van der Waals surface area contributed by atoms with E-state index in [0.717, 1.165) is 30.7 Å². The predicted molar refractivity (Wildman–Crippen MR) is 79.0 cm³/mol. The summed E-state index contributed by atoms with van der Waals surface area (Å²) in [6.45, 7) is 0. The lowest BCUT2D eigenvalue weighted by Gasteiger charge is -2.07. The fraction of sp³-hybridized carbons (Fsp3) is 0.250. The van der Waals surface area contributed by atoms with Crippen molar-refractivity contribution in [2.24, 2.45) is 0 Å². The Morgan fingerprint density at radius 3 is 2.80 bits per heavy atom. The summed E-state index contributed by atoms with van der Waals surface area (Å²) in [6, 6.07) is 3.44. The van der Waals surface area contributed by atoms with E-state index in [-0.39, 0.29) is 9.37 Å². The van der Waals surface area contributed by atoms with E-state index in [1.165, 1.54) is 17.4 Å². The molecule has 8 heteroatoms. The third kappa shape index (κ3) is 2.87. The largest absolute Gasteiger partial charge is 0.264 e. The minimum atomic E-state index is -3.77. The molecule has 1 heterocycles. The topological polar surface area (TPSA) is 59.1 Å². The summed E-state index contributed by atoms with van der Waals surface area (Å²) in [7, 11) is -3.77. The van der Waals surface area contributed by atoms with Gasteiger partial charge in [-0.15, -0.1) is 11.3 Å². The predicted octanol–water partition coefficient (Wildman–Crippen LogP) is 3.72. The molecule has 3 rings (SSSR count). The van der Waals surface area contributed by atoms with Gasteiger partial charge in [0, 0.05) is 15.8 Å². The highest BCUT2D eigenvalue weighted by Crippen LogP contribution is 2.41. The molecule has 0 spiro atoms. The number of hydrogen-bond donors (Lipinski definition) is 1. The highest BCUT2D eigenvalue weighted by molar-refractivity contribution is 9.10. The van der Waals surface area contributed by atoms with E-state index in [1.54, 1.807) is 0 Å². The molecule has 4 nitrogen and oxygen atoms in total. The average Bonchev–Trinajstić information content (AvgIpc) is 3.10. The molecule has 0 bridgehead atoms. The van der Waals surface area contributed by atoms with E-state index in [0.29, 0.717) is 11.0 Å². The van der Waals surface area contributed by atoms with Crippen LogP contribution in [0.4, 0.5) is 9.52 Å². The van der Waals surface area contributed by atoms with Gasteiger partial charge in [0.05, 0.1) is 5.69 Å². The molecule has 1 aromatic carbocycles. The second kappa shape index (κ2) is 5.09. The fourth-order valence-electron chi connectivity index (χ4n) is 1.76. The minimum Gasteiger partial charge on any atom is -0.255 e. The van der Waals surface area contributed by atoms with Gasteiger partial charge < -0.3 is 0 Å². The van der Waals surface area contributed by atoms with Crippen LogP contribution in [0.1, 0.15) is 24.5 Å². The van der Waals surface area contributed by atoms with Crippen LogP contribution in [0, 0.1) is 5.82 Å². The second-order valence-electron chi connectivity index (χ2n) is 4.53. The molecule has 1 aliphatic rings. The van der Waals surface area contributed by atoms with E-state index in [4.69, 9.17) is 0 Å². The number of thiazole rings is 1. The monoisotopic (exact) mass is 376 g/mol. The lowest BCUT2D eigenvalue weighted by molar-refractivity contribution is 0.599. The molecule has 1 aromatic heterocycles. The fourth-order valence-corrected chi connectivity index (χ4v) is 4.86. The van der Waals surface area contributed by atoms with Crippen LogP contribution in [-0.2, 0) is 10.0 Å². The first-order chi connectivity index (χ1) is 9.45. The third-order valence-electron chi connectivity index (χ3n) is 2.92. The van der Waals surface area contributed by atoms with Gasteiger partial charge in [0.25, 0.3) is 10.0 Å². The van der Waals surface area contributed by atoms with Gasteiger partial charge in [0.15, 0.2) is 5.13 Å². The van der Waals surface area contributed by atoms with Crippen LogP contribution in [-0.4, -0.2) is 13.4 Å². The first kappa shape index (κ1) is 14.0. The lowest BCUT2D eigenvalue weighted by Crippen LogP contribution is -2.13. The zero-order chi connectivity index (χ0) is 14.3. The summed E-state index contributed by atoms with van der Waals surface area (Å²) < 4.78 is 40.1. The Balaban J connectivity index is 1.87. The zero-order valence-corrected chi connectivity index (χ0v) is 13.4. The summed E-state index contributed by atoms with van der Waals surface area (Å²) in [5.74, 6) is -0.0249. The van der Waals surface area contributed by atoms with Crippen molar-refractivity contribution in [1.82, 2.24) is 4.98 Å². The molecular weight excluding hydrogens is 367 g/mol. The van der Waals surface area contributed by atoms with Crippen LogP contribution in [0.25, 0.3) is 0 Å². The van der Waals surface area contributed by atoms with Crippen molar-refractivity contribution in [3.8, 4) is 0 Å². The first-order valence-electron chi connectivity index (χ1n) is 5.89. The van der Waals surface area contributed by atoms with Gasteiger partial charge in [-0.3, -0.25) is 4.72 Å². The van der Waals surface area contributed by atoms with E-state index in [2.05, 4.69) is 25.6 Å². The maximum absolute atomic E-state index is 13.0. The average molecular weight is 377 g/mol. The first-order valence-corrected chi connectivity index (χ1v) is 9.04. The third-order valence-corrected chi connectivity index (χ3v) is 6.14. The van der Waals surface area contributed by atoms with Gasteiger partial charge >= 0.3 is 0 Å². The Bertz CT molecular complexity index is 757. The van der Waals surface area contributed by atoms with Gasteiger partial charge in [-0.2, -0.15) is 0 Å². The molecule has 1 saturated carbocycles. The minimum absolute atomic E-state index is 0.0120. The number of aromatic nitrogens is 1. The maximum atomic E-state index is 13.0. The van der Waals surface area contributed by atoms with Crippen molar-refractivity contribution in [2.45, 2.75) is 23.7 Å². The van der Waals surface area contributed by atoms with Crippen LogP contribution in [0.3, 0.4) is 0 Å². The Morgan fingerprint density at radius 2 is 2.15 bits per heavy atom. The van der Waals surface area contributed by atoms with Crippen molar-refractivity contribution < 1.29 is 12.8 Å². The van der Waals surface area contributed by atoms with Gasteiger partial charge in [-0.25, -0.2) is 17.8 Å². The van der Waals surface area contributed by atoms with Crippen LogP contribution in [0.2, 0.25) is 0 Å². The van der Waals surface area contributed by atoms with Crippen molar-refractivity contribution in [2.75, 3.05) is 4.72 Å². The number of hydrogen-bond acceptors (Lipinski definition) is 4. The Labute approximate surface area is 128 Å². The smallest absolute Gasteiger partial charge is 0.255 e. The van der Waals surface area contributed by atoms with Crippen LogP contribution >= 0.6 is 27.3 Å². The molecule has 20 heavy (non-hydrogen) atoms. The van der Waals surface area contributed by atoms with Crippen molar-refractivity contribution in [1.29, 1.82) is 0 Å². The van der Waals surface area contributed by atoms with E-state index in [1.807, 2.05) is 5.38 Å². The van der Waals surface area contributed by atoms with Crippen LogP contribution in [0.5, 0.6) is 0 Å². The number of halogens is 2. The molecule has 0 unspecified atom stereocenters. The normalized spacial score (nSPS) is 15.3. The van der Waals surface area contributed by atoms with E-state index < -0.39 is 15.8 Å². The Morgan fingerprint density at radius 1 is 1.40 bits per heavy atom. The highest BCUT2D eigenvalue weighted by Gasteiger charge is 2.27. The zero-order valence-electron chi connectivity index (χ0n) is 10.1. The Kier molecular flexibility index (Phi) is 3.55. The molecule has 2 aromatic rings. The highest BCUT2D eigenvalue weighted by atomic mass is 79.9. The number of nitrogens with zero attached hydrogens (tertiary/aromatic N) is 1. The number of rotatable bonds is 4. The number of sulfonamides is 1. The van der Waals surface area contributed by atoms with Crippen molar-refractivity contribution in [3.63, 3.8) is 0 Å². The molecule has 106 valence electrons. The Hall–Kier alpha value is -0.990. The van der Waals surface area contributed by atoms with Gasteiger partial charge in [-0.1, -0.05) is 0 Å². The van der Waals surface area contributed by atoms with Gasteiger partial charge in [0.2, 0.25) is 0 Å². The second-order valence-corrected chi connectivity index (χ2v) is 7.90. The molecule has 1 N–H and O–H groups in total. The molecule has 1 aliphatic carbocycles. The van der Waals surface area contributed by atoms with Gasteiger partial charge in [0.1, 0.15) is 10.7 Å². The number of nitrogens with one attached hydrogen (secondary N) is 1. The quantitative estimate of drug-likeness (QED) is 0.884. The summed E-state index contributed by atoms with van der Waals surface area (Å²) in [4.78, 5) is 4.26. The number of benzene rings is 1. The molecule has 0 amide bonds. The molecule has 0 saturated heterocycles. The lowest BCUT2D eigenvalue weighted by atomic mass is 10.3. The van der Waals surface area contributed by atoms with Crippen molar-refractivity contribution >= 4 is 42.4 Å². The number of anilines is 1. The van der Waals surface area contributed by atoms with Gasteiger partial charge in [-0.05, 0) is 47.0 Å². The summed E-state index contributed by atoms with van der Waals surface area (Å²) >= 11 is 4.32. The maximum Gasteiger partial charge on any atom is 0.264 e. The standard InChI is InChI=1S/C12H10BrFN2O2S2/c13-9-5-8(14)3-4-11(9)20(17,18)16-12-15-10(6-19-12)7-1-2-7/h3-7H,1-2H2,(H,15,16). The van der Waals surface area contributed by atoms with Crippen molar-refractivity contribution in [3.05, 3.63) is 39.6 Å². The molecule has 1 fully saturated rings. The molecule has 0 radical (unpaired) electrons. The van der Waals surface area contributed by atoms with Crippen LogP contribution < -0.4 is 4.72 Å².